The standard InChI is InChI=1S/C16H27N3O3/c1-4-9-12(5-2)18-14(20)17(3)15(21)19(16(18)22)13-10-7-6-8-11-13/h12-13H,4-11H2,1-3H3. The highest BCUT2D eigenvalue weighted by atomic mass is 16.2. The lowest BCUT2D eigenvalue weighted by atomic mass is 9.95. The fraction of sp³-hybridized carbons (Fsp3) is 0.812. The molecular weight excluding hydrogens is 282 g/mol. The highest BCUT2D eigenvalue weighted by Gasteiger charge is 2.24. The summed E-state index contributed by atoms with van der Waals surface area (Å²) in [7, 11) is 1.47. The summed E-state index contributed by atoms with van der Waals surface area (Å²) < 4.78 is 3.73. The van der Waals surface area contributed by atoms with Crippen molar-refractivity contribution in [2.45, 2.75) is 77.3 Å². The van der Waals surface area contributed by atoms with E-state index in [1.807, 2.05) is 13.8 Å². The van der Waals surface area contributed by atoms with Gasteiger partial charge < -0.3 is 0 Å². The zero-order chi connectivity index (χ0) is 16.3. The molecule has 1 heterocycles. The Morgan fingerprint density at radius 2 is 1.64 bits per heavy atom. The molecule has 0 spiro atoms. The van der Waals surface area contributed by atoms with Crippen LogP contribution in [0.5, 0.6) is 0 Å². The van der Waals surface area contributed by atoms with Crippen molar-refractivity contribution in [3.8, 4) is 0 Å². The largest absolute Gasteiger partial charge is 0.336 e. The van der Waals surface area contributed by atoms with Crippen LogP contribution in [0.3, 0.4) is 0 Å². The number of aromatic nitrogens is 3. The Morgan fingerprint density at radius 1 is 1.00 bits per heavy atom. The Labute approximate surface area is 130 Å². The molecular formula is C16H27N3O3. The molecule has 1 fully saturated rings. The molecule has 0 N–H and O–H groups in total. The molecule has 1 aromatic rings. The second kappa shape index (κ2) is 7.11. The first kappa shape index (κ1) is 16.8. The molecule has 0 aromatic carbocycles. The van der Waals surface area contributed by atoms with E-state index in [1.165, 1.54) is 16.2 Å². The first-order valence-electron chi connectivity index (χ1n) is 8.46. The van der Waals surface area contributed by atoms with E-state index in [0.717, 1.165) is 49.5 Å². The fourth-order valence-electron chi connectivity index (χ4n) is 3.50. The molecule has 0 amide bonds. The molecule has 22 heavy (non-hydrogen) atoms. The molecule has 0 bridgehead atoms. The molecule has 0 aliphatic heterocycles. The number of hydrogen-bond donors (Lipinski definition) is 0. The molecule has 1 atom stereocenters. The first-order valence-corrected chi connectivity index (χ1v) is 8.46. The van der Waals surface area contributed by atoms with Gasteiger partial charge in [0.2, 0.25) is 0 Å². The van der Waals surface area contributed by atoms with Crippen LogP contribution in [0.25, 0.3) is 0 Å². The summed E-state index contributed by atoms with van der Waals surface area (Å²) in [6, 6.07) is -0.197. The van der Waals surface area contributed by atoms with Gasteiger partial charge in [0, 0.05) is 19.1 Å². The minimum atomic E-state index is -0.484. The normalized spacial score (nSPS) is 17.6. The summed E-state index contributed by atoms with van der Waals surface area (Å²) in [5, 5.41) is 0. The SMILES string of the molecule is CCCC(CC)n1c(=O)n(C)c(=O)n(C2CCCCC2)c1=O. The molecule has 1 aliphatic rings. The van der Waals surface area contributed by atoms with Gasteiger partial charge in [0.25, 0.3) is 0 Å². The third-order valence-electron chi connectivity index (χ3n) is 4.80. The average molecular weight is 309 g/mol. The van der Waals surface area contributed by atoms with Gasteiger partial charge in [-0.1, -0.05) is 39.5 Å². The van der Waals surface area contributed by atoms with E-state index in [4.69, 9.17) is 0 Å². The summed E-state index contributed by atoms with van der Waals surface area (Å²) in [5.74, 6) is 0. The lowest BCUT2D eigenvalue weighted by molar-refractivity contribution is 0.296. The van der Waals surface area contributed by atoms with Gasteiger partial charge in [0.05, 0.1) is 0 Å². The van der Waals surface area contributed by atoms with Crippen molar-refractivity contribution in [1.29, 1.82) is 0 Å². The maximum Gasteiger partial charge on any atom is 0.336 e. The Morgan fingerprint density at radius 3 is 2.18 bits per heavy atom. The second-order valence-electron chi connectivity index (χ2n) is 6.29. The summed E-state index contributed by atoms with van der Waals surface area (Å²) in [6.45, 7) is 4.01. The van der Waals surface area contributed by atoms with Gasteiger partial charge in [-0.15, -0.1) is 0 Å². The molecule has 6 nitrogen and oxygen atoms in total. The number of rotatable bonds is 5. The molecule has 0 saturated heterocycles. The highest BCUT2D eigenvalue weighted by molar-refractivity contribution is 4.86. The quantitative estimate of drug-likeness (QED) is 0.835. The van der Waals surface area contributed by atoms with E-state index in [2.05, 4.69) is 0 Å². The van der Waals surface area contributed by atoms with Gasteiger partial charge in [-0.05, 0) is 25.7 Å². The second-order valence-corrected chi connectivity index (χ2v) is 6.29. The van der Waals surface area contributed by atoms with Crippen LogP contribution >= 0.6 is 0 Å². The van der Waals surface area contributed by atoms with Gasteiger partial charge in [0.15, 0.2) is 0 Å². The molecule has 2 rings (SSSR count). The predicted molar refractivity (Wildman–Crippen MR) is 86.6 cm³/mol. The smallest absolute Gasteiger partial charge is 0.248 e. The number of hydrogen-bond acceptors (Lipinski definition) is 3. The van der Waals surface area contributed by atoms with Crippen LogP contribution in [0.15, 0.2) is 14.4 Å². The summed E-state index contributed by atoms with van der Waals surface area (Å²) in [6.07, 6.45) is 7.29. The molecule has 1 aliphatic carbocycles. The van der Waals surface area contributed by atoms with Gasteiger partial charge >= 0.3 is 17.1 Å². The molecule has 1 unspecified atom stereocenters. The maximum atomic E-state index is 12.8. The fourth-order valence-corrected chi connectivity index (χ4v) is 3.50. The van der Waals surface area contributed by atoms with E-state index in [-0.39, 0.29) is 12.1 Å². The number of nitrogens with zero attached hydrogens (tertiary/aromatic N) is 3. The minimum Gasteiger partial charge on any atom is -0.248 e. The van der Waals surface area contributed by atoms with Crippen molar-refractivity contribution in [1.82, 2.24) is 13.7 Å². The van der Waals surface area contributed by atoms with E-state index in [9.17, 15) is 14.4 Å². The Kier molecular flexibility index (Phi) is 5.42. The van der Waals surface area contributed by atoms with Gasteiger partial charge in [-0.2, -0.15) is 0 Å². The van der Waals surface area contributed by atoms with Crippen LogP contribution in [0.2, 0.25) is 0 Å². The summed E-state index contributed by atoms with van der Waals surface area (Å²) in [5.41, 5.74) is -1.37. The van der Waals surface area contributed by atoms with E-state index >= 15 is 0 Å². The van der Waals surface area contributed by atoms with Crippen LogP contribution in [0.1, 0.15) is 77.3 Å². The van der Waals surface area contributed by atoms with Crippen LogP contribution in [0.4, 0.5) is 0 Å². The highest BCUT2D eigenvalue weighted by Crippen LogP contribution is 2.25. The summed E-state index contributed by atoms with van der Waals surface area (Å²) in [4.78, 5) is 37.7. The predicted octanol–water partition coefficient (Wildman–Crippen LogP) is 1.97. The lowest BCUT2D eigenvalue weighted by Crippen LogP contribution is -2.55. The lowest BCUT2D eigenvalue weighted by Gasteiger charge is -2.25. The van der Waals surface area contributed by atoms with E-state index in [1.54, 1.807) is 0 Å². The van der Waals surface area contributed by atoms with Gasteiger partial charge in [-0.25, -0.2) is 28.1 Å². The molecule has 6 heteroatoms. The third-order valence-corrected chi connectivity index (χ3v) is 4.80. The Hall–Kier alpha value is -1.59. The zero-order valence-electron chi connectivity index (χ0n) is 13.9. The van der Waals surface area contributed by atoms with Crippen molar-refractivity contribution in [2.75, 3.05) is 0 Å². The molecule has 1 saturated carbocycles. The molecule has 124 valence electrons. The zero-order valence-corrected chi connectivity index (χ0v) is 13.9. The molecule has 1 aromatic heterocycles. The van der Waals surface area contributed by atoms with E-state index in [0.29, 0.717) is 6.42 Å². The third kappa shape index (κ3) is 2.96. The van der Waals surface area contributed by atoms with Crippen molar-refractivity contribution >= 4 is 0 Å². The Balaban J connectivity index is 2.64. The van der Waals surface area contributed by atoms with Crippen LogP contribution in [-0.4, -0.2) is 13.7 Å². The van der Waals surface area contributed by atoms with Crippen LogP contribution in [0, 0.1) is 0 Å². The van der Waals surface area contributed by atoms with Crippen LogP contribution in [-0.2, 0) is 7.05 Å². The van der Waals surface area contributed by atoms with Crippen molar-refractivity contribution in [3.05, 3.63) is 31.5 Å². The monoisotopic (exact) mass is 309 g/mol. The van der Waals surface area contributed by atoms with Crippen molar-refractivity contribution < 1.29 is 0 Å². The van der Waals surface area contributed by atoms with Crippen molar-refractivity contribution in [2.24, 2.45) is 7.05 Å². The van der Waals surface area contributed by atoms with Gasteiger partial charge in [-0.3, -0.25) is 0 Å². The maximum absolute atomic E-state index is 12.8. The van der Waals surface area contributed by atoms with Gasteiger partial charge in [0.1, 0.15) is 0 Å². The molecule has 0 radical (unpaired) electrons. The average Bonchev–Trinajstić information content (AvgIpc) is 2.53. The minimum absolute atomic E-state index is 0.0640. The first-order chi connectivity index (χ1) is 10.5. The topological polar surface area (TPSA) is 66.0 Å². The Bertz CT molecular complexity index is 634. The summed E-state index contributed by atoms with van der Waals surface area (Å²) >= 11 is 0. The van der Waals surface area contributed by atoms with Crippen LogP contribution < -0.4 is 17.1 Å². The van der Waals surface area contributed by atoms with Crippen molar-refractivity contribution in [3.63, 3.8) is 0 Å². The van der Waals surface area contributed by atoms with E-state index < -0.39 is 17.1 Å².